The Morgan fingerprint density at radius 3 is 1.93 bits per heavy atom. The number of nitrogens with zero attached hydrogens (tertiary/aromatic N) is 1. The molecule has 186 valence electrons. The van der Waals surface area contributed by atoms with Gasteiger partial charge >= 0.3 is 0 Å². The van der Waals surface area contributed by atoms with E-state index in [9.17, 15) is 0 Å². The standard InChI is InChI=1S/C37H22N2O/c1-2-10-27-25(8-1)26-9-3-4-11-28(26)35-31(27)21-30(36-29-12-5-6-14-34(29)40-37(35)36)22-18-23(32-13-7-16-38-32)20-24(19-22)33-15-17-39-33/h1-21,38H. The molecule has 1 aliphatic heterocycles. The van der Waals surface area contributed by atoms with E-state index in [1.54, 1.807) is 0 Å². The van der Waals surface area contributed by atoms with Gasteiger partial charge in [-0.15, -0.1) is 0 Å². The lowest BCUT2D eigenvalue weighted by molar-refractivity contribution is 0.673. The van der Waals surface area contributed by atoms with E-state index in [4.69, 9.17) is 4.42 Å². The number of aromatic nitrogens is 1. The highest BCUT2D eigenvalue weighted by molar-refractivity contribution is 6.34. The van der Waals surface area contributed by atoms with E-state index in [1.165, 1.54) is 26.9 Å². The SMILES string of the molecule is C1=NC(c2cc(-c3ccc[nH]3)cc(-c3cc4c5ccccc5c5ccccc5c4c4oc5ccccc5c34)c2)=C1. The molecule has 9 rings (SSSR count). The largest absolute Gasteiger partial charge is 0.455 e. The fourth-order valence-corrected chi connectivity index (χ4v) is 6.41. The summed E-state index contributed by atoms with van der Waals surface area (Å²) in [7, 11) is 0. The number of furan rings is 1. The summed E-state index contributed by atoms with van der Waals surface area (Å²) in [5, 5.41) is 9.56. The van der Waals surface area contributed by atoms with Crippen LogP contribution in [0, 0.1) is 0 Å². The van der Waals surface area contributed by atoms with Gasteiger partial charge in [0.2, 0.25) is 0 Å². The van der Waals surface area contributed by atoms with Gasteiger partial charge < -0.3 is 9.40 Å². The Labute approximate surface area is 229 Å². The van der Waals surface area contributed by atoms with Gasteiger partial charge in [0.1, 0.15) is 11.2 Å². The van der Waals surface area contributed by atoms with Crippen LogP contribution in [0.2, 0.25) is 0 Å². The van der Waals surface area contributed by atoms with E-state index in [0.717, 1.165) is 61.0 Å². The second-order valence-corrected chi connectivity index (χ2v) is 10.5. The van der Waals surface area contributed by atoms with Crippen molar-refractivity contribution in [2.75, 3.05) is 0 Å². The predicted molar refractivity (Wildman–Crippen MR) is 168 cm³/mol. The molecule has 1 N–H and O–H groups in total. The van der Waals surface area contributed by atoms with E-state index in [-0.39, 0.29) is 0 Å². The Morgan fingerprint density at radius 1 is 0.550 bits per heavy atom. The molecule has 0 spiro atoms. The molecule has 0 saturated carbocycles. The average molecular weight is 511 g/mol. The first-order valence-corrected chi connectivity index (χ1v) is 13.5. The minimum absolute atomic E-state index is 0.899. The second kappa shape index (κ2) is 8.05. The van der Waals surface area contributed by atoms with Crippen molar-refractivity contribution < 1.29 is 4.42 Å². The molecule has 0 aliphatic carbocycles. The zero-order valence-corrected chi connectivity index (χ0v) is 21.5. The number of aliphatic imine (C=N–C) groups is 1. The molecule has 0 unspecified atom stereocenters. The topological polar surface area (TPSA) is 41.3 Å². The van der Waals surface area contributed by atoms with Gasteiger partial charge in [-0.3, -0.25) is 4.99 Å². The predicted octanol–water partition coefficient (Wildman–Crippen LogP) is 10.1. The summed E-state index contributed by atoms with van der Waals surface area (Å²) < 4.78 is 6.76. The lowest BCUT2D eigenvalue weighted by Gasteiger charge is -2.16. The van der Waals surface area contributed by atoms with Crippen molar-refractivity contribution in [3.63, 3.8) is 0 Å². The summed E-state index contributed by atoms with van der Waals surface area (Å²) >= 11 is 0. The van der Waals surface area contributed by atoms with E-state index < -0.39 is 0 Å². The molecule has 2 aromatic heterocycles. The molecule has 40 heavy (non-hydrogen) atoms. The van der Waals surface area contributed by atoms with Crippen LogP contribution in [0.4, 0.5) is 0 Å². The van der Waals surface area contributed by atoms with Gasteiger partial charge in [-0.1, -0.05) is 66.7 Å². The molecule has 0 fully saturated rings. The molecule has 1 aliphatic rings. The fourth-order valence-electron chi connectivity index (χ4n) is 6.41. The fraction of sp³-hybridized carbons (Fsp3) is 0. The molecular formula is C37H22N2O. The summed E-state index contributed by atoms with van der Waals surface area (Å²) in [5.41, 5.74) is 8.45. The second-order valence-electron chi connectivity index (χ2n) is 10.5. The zero-order chi connectivity index (χ0) is 26.2. The molecule has 0 amide bonds. The maximum atomic E-state index is 6.76. The summed E-state index contributed by atoms with van der Waals surface area (Å²) in [6, 6.07) is 39.1. The van der Waals surface area contributed by atoms with Gasteiger partial charge in [-0.05, 0) is 92.2 Å². The van der Waals surface area contributed by atoms with Crippen LogP contribution in [-0.4, -0.2) is 11.2 Å². The van der Waals surface area contributed by atoms with Crippen LogP contribution in [0.1, 0.15) is 5.56 Å². The molecule has 3 nitrogen and oxygen atoms in total. The van der Waals surface area contributed by atoms with Crippen LogP contribution in [0.15, 0.2) is 131 Å². The van der Waals surface area contributed by atoms with E-state index in [1.807, 2.05) is 24.5 Å². The number of para-hydroxylation sites is 1. The molecule has 0 bridgehead atoms. The summed E-state index contributed by atoms with van der Waals surface area (Å²) in [5.74, 6) is 0. The zero-order valence-electron chi connectivity index (χ0n) is 21.5. The van der Waals surface area contributed by atoms with Crippen LogP contribution in [0.25, 0.3) is 82.3 Å². The minimum atomic E-state index is 0.899. The molecule has 6 aromatic carbocycles. The number of fused-ring (bicyclic) bond motifs is 10. The molecule has 3 heterocycles. The maximum absolute atomic E-state index is 6.76. The van der Waals surface area contributed by atoms with Gasteiger partial charge in [0.15, 0.2) is 0 Å². The van der Waals surface area contributed by atoms with Crippen molar-refractivity contribution in [3.05, 3.63) is 127 Å². The van der Waals surface area contributed by atoms with Crippen LogP contribution in [0.3, 0.4) is 0 Å². The number of aromatic amines is 1. The summed E-state index contributed by atoms with van der Waals surface area (Å²) in [6.07, 6.45) is 5.89. The van der Waals surface area contributed by atoms with Crippen molar-refractivity contribution >= 4 is 66.2 Å². The van der Waals surface area contributed by atoms with E-state index in [2.05, 4.69) is 113 Å². The number of benzene rings is 6. The van der Waals surface area contributed by atoms with Crippen LogP contribution >= 0.6 is 0 Å². The van der Waals surface area contributed by atoms with Gasteiger partial charge in [0.25, 0.3) is 0 Å². The Hall–Kier alpha value is -5.41. The first kappa shape index (κ1) is 21.5. The lowest BCUT2D eigenvalue weighted by Crippen LogP contribution is -1.93. The highest BCUT2D eigenvalue weighted by Crippen LogP contribution is 2.46. The monoisotopic (exact) mass is 510 g/mol. The lowest BCUT2D eigenvalue weighted by atomic mass is 9.88. The molecule has 0 atom stereocenters. The van der Waals surface area contributed by atoms with Crippen molar-refractivity contribution in [3.8, 4) is 22.4 Å². The van der Waals surface area contributed by atoms with Crippen molar-refractivity contribution in [2.45, 2.75) is 0 Å². The number of hydrogen-bond donors (Lipinski definition) is 1. The normalized spacial score (nSPS) is 13.1. The number of rotatable bonds is 3. The Balaban J connectivity index is 1.50. The number of H-pyrrole nitrogens is 1. The maximum Gasteiger partial charge on any atom is 0.144 e. The van der Waals surface area contributed by atoms with Gasteiger partial charge in [0.05, 0.1) is 5.70 Å². The van der Waals surface area contributed by atoms with Gasteiger partial charge in [0, 0.05) is 39.8 Å². The number of allylic oxidation sites excluding steroid dienone is 1. The molecule has 0 radical (unpaired) electrons. The van der Waals surface area contributed by atoms with Crippen molar-refractivity contribution in [1.29, 1.82) is 0 Å². The Kier molecular flexibility index (Phi) is 4.33. The number of hydrogen-bond acceptors (Lipinski definition) is 2. The molecule has 0 saturated heterocycles. The van der Waals surface area contributed by atoms with Gasteiger partial charge in [-0.25, -0.2) is 0 Å². The first-order valence-electron chi connectivity index (χ1n) is 13.5. The highest BCUT2D eigenvalue weighted by atomic mass is 16.3. The summed E-state index contributed by atoms with van der Waals surface area (Å²) in [4.78, 5) is 7.92. The molecule has 8 aromatic rings. The molecular weight excluding hydrogens is 488 g/mol. The van der Waals surface area contributed by atoms with E-state index >= 15 is 0 Å². The van der Waals surface area contributed by atoms with E-state index in [0.29, 0.717) is 0 Å². The molecule has 3 heteroatoms. The third-order valence-electron chi connectivity index (χ3n) is 8.25. The average Bonchev–Trinajstić information content (AvgIpc) is 3.65. The third kappa shape index (κ3) is 2.97. The Morgan fingerprint density at radius 2 is 1.20 bits per heavy atom. The first-order chi connectivity index (χ1) is 19.8. The minimum Gasteiger partial charge on any atom is -0.455 e. The van der Waals surface area contributed by atoms with Crippen LogP contribution in [-0.2, 0) is 0 Å². The Bertz CT molecular complexity index is 2370. The van der Waals surface area contributed by atoms with Crippen LogP contribution < -0.4 is 0 Å². The van der Waals surface area contributed by atoms with Crippen molar-refractivity contribution in [1.82, 2.24) is 4.98 Å². The highest BCUT2D eigenvalue weighted by Gasteiger charge is 2.21. The van der Waals surface area contributed by atoms with Crippen molar-refractivity contribution in [2.24, 2.45) is 4.99 Å². The summed E-state index contributed by atoms with van der Waals surface area (Å²) in [6.45, 7) is 0. The van der Waals surface area contributed by atoms with Crippen LogP contribution in [0.5, 0.6) is 0 Å². The number of nitrogens with one attached hydrogen (secondary N) is 1. The quantitative estimate of drug-likeness (QED) is 0.236. The third-order valence-corrected chi connectivity index (χ3v) is 8.25. The smallest absolute Gasteiger partial charge is 0.144 e. The van der Waals surface area contributed by atoms with Gasteiger partial charge in [-0.2, -0.15) is 0 Å².